The van der Waals surface area contributed by atoms with Crippen molar-refractivity contribution in [2.24, 2.45) is 0 Å². The van der Waals surface area contributed by atoms with Crippen LogP contribution >= 0.6 is 11.6 Å². The number of nitrogens with zero attached hydrogens (tertiary/aromatic N) is 6. The minimum Gasteiger partial charge on any atom is -0.445 e. The number of ether oxygens (including phenoxy) is 2. The van der Waals surface area contributed by atoms with E-state index < -0.39 is 0 Å². The second kappa shape index (κ2) is 16.7. The van der Waals surface area contributed by atoms with Crippen molar-refractivity contribution >= 4 is 34.7 Å². The second-order valence-electron chi connectivity index (χ2n) is 13.3. The van der Waals surface area contributed by atoms with Gasteiger partial charge in [-0.25, -0.2) is 9.78 Å². The molecule has 0 N–H and O–H groups in total. The summed E-state index contributed by atoms with van der Waals surface area (Å²) in [7, 11) is 0. The lowest BCUT2D eigenvalue weighted by Crippen LogP contribution is -2.49. The molecule has 1 aromatic heterocycles. The minimum atomic E-state index is -0.270. The Balaban J connectivity index is 0.875. The molecule has 266 valence electrons. The molecule has 0 saturated carbocycles. The third kappa shape index (κ3) is 8.56. The van der Waals surface area contributed by atoms with Crippen molar-refractivity contribution in [3.63, 3.8) is 0 Å². The van der Waals surface area contributed by atoms with Crippen molar-refractivity contribution < 1.29 is 14.3 Å². The van der Waals surface area contributed by atoms with Gasteiger partial charge in [-0.2, -0.15) is 0 Å². The highest BCUT2D eigenvalue weighted by molar-refractivity contribution is 6.30. The van der Waals surface area contributed by atoms with E-state index in [1.165, 1.54) is 16.7 Å². The molecule has 1 unspecified atom stereocenters. The maximum absolute atomic E-state index is 13.0. The van der Waals surface area contributed by atoms with Crippen molar-refractivity contribution in [3.8, 4) is 0 Å². The van der Waals surface area contributed by atoms with Crippen molar-refractivity contribution in [3.05, 3.63) is 130 Å². The van der Waals surface area contributed by atoms with E-state index in [0.29, 0.717) is 39.4 Å². The summed E-state index contributed by atoms with van der Waals surface area (Å²) < 4.78 is 13.6. The number of hydrogen-bond acceptors (Lipinski definition) is 7. The summed E-state index contributed by atoms with van der Waals surface area (Å²) in [6.07, 6.45) is -0.270. The van der Waals surface area contributed by atoms with Gasteiger partial charge in [0.2, 0.25) is 5.95 Å². The number of anilines is 1. The fraction of sp³-hybridized carbons (Fsp3) is 0.366. The number of fused-ring (bicyclic) bond motifs is 1. The zero-order valence-electron chi connectivity index (χ0n) is 29.4. The Kier molecular flexibility index (Phi) is 11.5. The third-order valence-corrected chi connectivity index (χ3v) is 10.2. The van der Waals surface area contributed by atoms with Crippen LogP contribution in [-0.2, 0) is 29.2 Å². The van der Waals surface area contributed by atoms with E-state index in [-0.39, 0.29) is 18.7 Å². The minimum absolute atomic E-state index is 0.206. The summed E-state index contributed by atoms with van der Waals surface area (Å²) in [6, 6.07) is 35.9. The molecule has 0 bridgehead atoms. The molecule has 51 heavy (non-hydrogen) atoms. The zero-order valence-corrected chi connectivity index (χ0v) is 30.1. The first-order valence-electron chi connectivity index (χ1n) is 18.1. The molecule has 0 aliphatic carbocycles. The Bertz CT molecular complexity index is 1850. The lowest BCUT2D eigenvalue weighted by Gasteiger charge is -2.40. The molecular weight excluding hydrogens is 660 g/mol. The first-order chi connectivity index (χ1) is 25.1. The van der Waals surface area contributed by atoms with Crippen LogP contribution in [0.3, 0.4) is 0 Å². The van der Waals surface area contributed by atoms with E-state index in [9.17, 15) is 4.79 Å². The Morgan fingerprint density at radius 3 is 2.16 bits per heavy atom. The second-order valence-corrected chi connectivity index (χ2v) is 13.7. The van der Waals surface area contributed by atoms with Gasteiger partial charge in [0.1, 0.15) is 6.61 Å². The standard InChI is InChI=1S/C41H47ClN6O3/c1-2-50-29-28-48-38-11-7-6-10-37(38)43-40(48)46-24-26-47(27-25-46)41(49)51-31-33-14-12-32(13-15-33)30-44-20-22-45(23-21-44)39(34-8-4-3-5-9-34)35-16-18-36(42)19-17-35/h3-19,39H,2,20-31H2,1H3. The maximum atomic E-state index is 13.0. The van der Waals surface area contributed by atoms with E-state index in [1.807, 2.05) is 37.3 Å². The topological polar surface area (TPSA) is 66.3 Å². The van der Waals surface area contributed by atoms with Crippen LogP contribution in [0, 0.1) is 0 Å². The summed E-state index contributed by atoms with van der Waals surface area (Å²) in [5, 5.41) is 0.761. The molecule has 2 fully saturated rings. The fourth-order valence-corrected chi connectivity index (χ4v) is 7.35. The highest BCUT2D eigenvalue weighted by Crippen LogP contribution is 2.31. The smallest absolute Gasteiger partial charge is 0.410 e. The van der Waals surface area contributed by atoms with Crippen molar-refractivity contribution in [2.75, 3.05) is 70.5 Å². The first-order valence-corrected chi connectivity index (χ1v) is 18.5. The van der Waals surface area contributed by atoms with Gasteiger partial charge < -0.3 is 23.8 Å². The third-order valence-electron chi connectivity index (χ3n) is 9.98. The Morgan fingerprint density at radius 2 is 1.43 bits per heavy atom. The molecule has 2 aliphatic rings. The summed E-state index contributed by atoms with van der Waals surface area (Å²) in [4.78, 5) is 27.1. The van der Waals surface area contributed by atoms with E-state index in [4.69, 9.17) is 26.1 Å². The van der Waals surface area contributed by atoms with E-state index in [1.54, 1.807) is 4.90 Å². The van der Waals surface area contributed by atoms with Gasteiger partial charge in [0.25, 0.3) is 0 Å². The Labute approximate surface area is 305 Å². The molecule has 2 saturated heterocycles. The largest absolute Gasteiger partial charge is 0.445 e. The van der Waals surface area contributed by atoms with Gasteiger partial charge in [-0.1, -0.05) is 90.5 Å². The molecule has 10 heteroatoms. The Morgan fingerprint density at radius 1 is 0.765 bits per heavy atom. The number of carbonyl (C=O) groups is 1. The van der Waals surface area contributed by atoms with Crippen LogP contribution in [0.4, 0.5) is 10.7 Å². The normalized spacial score (nSPS) is 16.4. The Hall–Kier alpha value is -4.41. The number of piperazine rings is 2. The number of halogens is 1. The van der Waals surface area contributed by atoms with Crippen LogP contribution in [0.5, 0.6) is 0 Å². The number of carbonyl (C=O) groups excluding carboxylic acids is 1. The molecule has 0 radical (unpaired) electrons. The summed E-state index contributed by atoms with van der Waals surface area (Å²) in [5.41, 5.74) is 6.90. The maximum Gasteiger partial charge on any atom is 0.410 e. The van der Waals surface area contributed by atoms with E-state index >= 15 is 0 Å². The SMILES string of the molecule is CCOCCn1c(N2CCN(C(=O)OCc3ccc(CN4CCN(C(c5ccccc5)c5ccc(Cl)cc5)CC4)cc3)CC2)nc2ccccc21. The van der Waals surface area contributed by atoms with Crippen LogP contribution in [0.15, 0.2) is 103 Å². The van der Waals surface area contributed by atoms with Crippen LogP contribution in [0.2, 0.25) is 5.02 Å². The molecule has 2 aliphatic heterocycles. The van der Waals surface area contributed by atoms with Crippen molar-refractivity contribution in [1.29, 1.82) is 0 Å². The van der Waals surface area contributed by atoms with Crippen LogP contribution in [0.25, 0.3) is 11.0 Å². The number of benzene rings is 4. The highest BCUT2D eigenvalue weighted by atomic mass is 35.5. The van der Waals surface area contributed by atoms with Crippen LogP contribution in [-0.4, -0.2) is 95.9 Å². The number of para-hydroxylation sites is 2. The quantitative estimate of drug-likeness (QED) is 0.128. The average molecular weight is 707 g/mol. The number of imidazole rings is 1. The molecular formula is C41H47ClN6O3. The van der Waals surface area contributed by atoms with Gasteiger partial charge >= 0.3 is 6.09 Å². The van der Waals surface area contributed by atoms with Gasteiger partial charge in [-0.15, -0.1) is 0 Å². The van der Waals surface area contributed by atoms with Gasteiger partial charge in [0.05, 0.1) is 23.7 Å². The average Bonchev–Trinajstić information content (AvgIpc) is 3.55. The molecule has 1 amide bonds. The molecule has 1 atom stereocenters. The number of amides is 1. The van der Waals surface area contributed by atoms with Gasteiger partial charge in [0.15, 0.2) is 0 Å². The van der Waals surface area contributed by atoms with Crippen LogP contribution < -0.4 is 4.90 Å². The lowest BCUT2D eigenvalue weighted by molar-refractivity contribution is 0.0939. The van der Waals surface area contributed by atoms with Crippen LogP contribution in [0.1, 0.15) is 35.2 Å². The monoisotopic (exact) mass is 706 g/mol. The van der Waals surface area contributed by atoms with Crippen molar-refractivity contribution in [1.82, 2.24) is 24.3 Å². The molecule has 0 spiro atoms. The molecule has 9 nitrogen and oxygen atoms in total. The highest BCUT2D eigenvalue weighted by Gasteiger charge is 2.28. The number of rotatable bonds is 12. The fourth-order valence-electron chi connectivity index (χ4n) is 7.22. The predicted molar refractivity (Wildman–Crippen MR) is 203 cm³/mol. The van der Waals surface area contributed by atoms with E-state index in [0.717, 1.165) is 66.8 Å². The lowest BCUT2D eigenvalue weighted by atomic mass is 9.96. The number of aromatic nitrogens is 2. The molecule has 4 aromatic carbocycles. The van der Waals surface area contributed by atoms with E-state index in [2.05, 4.69) is 92.1 Å². The number of hydrogen-bond donors (Lipinski definition) is 0. The molecule has 3 heterocycles. The predicted octanol–water partition coefficient (Wildman–Crippen LogP) is 7.09. The van der Waals surface area contributed by atoms with Gasteiger partial charge in [0, 0.05) is 77.1 Å². The zero-order chi connectivity index (χ0) is 35.0. The van der Waals surface area contributed by atoms with Gasteiger partial charge in [-0.3, -0.25) is 9.80 Å². The van der Waals surface area contributed by atoms with Gasteiger partial charge in [-0.05, 0) is 53.4 Å². The summed E-state index contributed by atoms with van der Waals surface area (Å²) in [6.45, 7) is 11.8. The summed E-state index contributed by atoms with van der Waals surface area (Å²) in [5.74, 6) is 0.931. The molecule has 5 aromatic rings. The summed E-state index contributed by atoms with van der Waals surface area (Å²) >= 11 is 6.22. The first kappa shape index (κ1) is 35.0. The molecule has 7 rings (SSSR count). The van der Waals surface area contributed by atoms with Crippen molar-refractivity contribution in [2.45, 2.75) is 32.7 Å².